The average molecular weight is 350 g/mol. The molecule has 2 heterocycles. The molecule has 0 amide bonds. The van der Waals surface area contributed by atoms with E-state index < -0.39 is 5.60 Å². The van der Waals surface area contributed by atoms with E-state index in [1.165, 1.54) is 4.57 Å². The second kappa shape index (κ2) is 7.99. The second-order valence-corrected chi connectivity index (χ2v) is 7.22. The van der Waals surface area contributed by atoms with E-state index >= 15 is 0 Å². The van der Waals surface area contributed by atoms with Crippen LogP contribution in [0.2, 0.25) is 0 Å². The topological polar surface area (TPSA) is 82.1 Å². The minimum absolute atomic E-state index is 0.252. The molecule has 0 radical (unpaired) electrons. The number of rotatable bonds is 9. The summed E-state index contributed by atoms with van der Waals surface area (Å²) in [6.45, 7) is 9.11. The number of nitrogens with zero attached hydrogens (tertiary/aromatic N) is 4. The highest BCUT2D eigenvalue weighted by Crippen LogP contribution is 2.13. The fourth-order valence-corrected chi connectivity index (χ4v) is 3.14. The first-order chi connectivity index (χ1) is 11.8. The van der Waals surface area contributed by atoms with E-state index in [1.807, 2.05) is 18.4 Å². The molecule has 0 spiro atoms. The molecule has 0 saturated carbocycles. The summed E-state index contributed by atoms with van der Waals surface area (Å²) in [7, 11) is 0. The lowest BCUT2D eigenvalue weighted by atomic mass is 10.0. The molecule has 0 saturated heterocycles. The summed E-state index contributed by atoms with van der Waals surface area (Å²) in [5.41, 5.74) is -0.219. The van der Waals surface area contributed by atoms with Crippen molar-refractivity contribution in [2.24, 2.45) is 0 Å². The van der Waals surface area contributed by atoms with E-state index in [2.05, 4.69) is 4.98 Å². The molecule has 0 aliphatic carbocycles. The maximum Gasteiger partial charge on any atom is 0.332 e. The molecular formula is C18H30N4O3. The quantitative estimate of drug-likeness (QED) is 0.702. The third-order valence-electron chi connectivity index (χ3n) is 4.43. The summed E-state index contributed by atoms with van der Waals surface area (Å²) in [6.07, 6.45) is 5.73. The first-order valence-electron chi connectivity index (χ1n) is 9.21. The molecule has 25 heavy (non-hydrogen) atoms. The average Bonchev–Trinajstić information content (AvgIpc) is 2.93. The van der Waals surface area contributed by atoms with Gasteiger partial charge in [-0.2, -0.15) is 0 Å². The Bertz CT molecular complexity index is 824. The third-order valence-corrected chi connectivity index (χ3v) is 4.43. The monoisotopic (exact) mass is 350 g/mol. The van der Waals surface area contributed by atoms with Gasteiger partial charge in [0.05, 0.1) is 11.9 Å². The van der Waals surface area contributed by atoms with Gasteiger partial charge in [-0.1, -0.05) is 19.8 Å². The normalized spacial score (nSPS) is 12.2. The van der Waals surface area contributed by atoms with E-state index in [4.69, 9.17) is 0 Å². The molecule has 0 aromatic carbocycles. The molecule has 0 bridgehead atoms. The Kier molecular flexibility index (Phi) is 6.21. The maximum absolute atomic E-state index is 12.8. The Labute approximate surface area is 147 Å². The van der Waals surface area contributed by atoms with Crippen LogP contribution in [0.3, 0.4) is 0 Å². The molecule has 1 N–H and O–H groups in total. The largest absolute Gasteiger partial charge is 0.390 e. The number of imidazole rings is 1. The van der Waals surface area contributed by atoms with Crippen molar-refractivity contribution < 1.29 is 5.11 Å². The van der Waals surface area contributed by atoms with Crippen molar-refractivity contribution in [3.63, 3.8) is 0 Å². The summed E-state index contributed by atoms with van der Waals surface area (Å²) in [5.74, 6) is 0. The minimum atomic E-state index is -0.669. The summed E-state index contributed by atoms with van der Waals surface area (Å²) >= 11 is 0. The Morgan fingerprint density at radius 1 is 1.08 bits per heavy atom. The zero-order valence-corrected chi connectivity index (χ0v) is 15.8. The SMILES string of the molecule is CCCn1cnc2c1c(=O)n(CCCCCC(C)(C)O)c(=O)n2CC. The van der Waals surface area contributed by atoms with Crippen LogP contribution in [-0.2, 0) is 19.6 Å². The van der Waals surface area contributed by atoms with Crippen molar-refractivity contribution in [2.75, 3.05) is 0 Å². The van der Waals surface area contributed by atoms with Gasteiger partial charge < -0.3 is 9.67 Å². The van der Waals surface area contributed by atoms with Gasteiger partial charge >= 0.3 is 5.69 Å². The summed E-state index contributed by atoms with van der Waals surface area (Å²) < 4.78 is 4.75. The molecule has 2 rings (SSSR count). The number of aliphatic hydroxyl groups is 1. The molecule has 0 unspecified atom stereocenters. The zero-order valence-electron chi connectivity index (χ0n) is 15.8. The van der Waals surface area contributed by atoms with E-state index in [0.29, 0.717) is 37.2 Å². The van der Waals surface area contributed by atoms with Gasteiger partial charge in [0.25, 0.3) is 5.56 Å². The standard InChI is InChI=1S/C18H30N4O3/c1-5-11-20-13-19-15-14(20)16(23)22(17(24)21(15)6-2)12-9-7-8-10-18(3,4)25/h13,25H,5-12H2,1-4H3. The van der Waals surface area contributed by atoms with Gasteiger partial charge in [0.2, 0.25) is 0 Å². The molecule has 0 aliphatic heterocycles. The highest BCUT2D eigenvalue weighted by molar-refractivity contribution is 5.70. The van der Waals surface area contributed by atoms with Crippen LogP contribution in [0.4, 0.5) is 0 Å². The van der Waals surface area contributed by atoms with E-state index in [0.717, 1.165) is 25.7 Å². The molecular weight excluding hydrogens is 320 g/mol. The van der Waals surface area contributed by atoms with Gasteiger partial charge in [-0.25, -0.2) is 9.78 Å². The number of hydrogen-bond acceptors (Lipinski definition) is 4. The lowest BCUT2D eigenvalue weighted by Gasteiger charge is -2.16. The molecule has 2 aromatic rings. The van der Waals surface area contributed by atoms with Gasteiger partial charge in [0, 0.05) is 19.6 Å². The number of aryl methyl sites for hydroxylation is 2. The molecule has 0 fully saturated rings. The fraction of sp³-hybridized carbons (Fsp3) is 0.722. The van der Waals surface area contributed by atoms with Crippen LogP contribution < -0.4 is 11.2 Å². The van der Waals surface area contributed by atoms with Crippen LogP contribution in [0.5, 0.6) is 0 Å². The van der Waals surface area contributed by atoms with Crippen molar-refractivity contribution in [3.8, 4) is 0 Å². The first-order valence-corrected chi connectivity index (χ1v) is 9.21. The van der Waals surface area contributed by atoms with Crippen molar-refractivity contribution in [1.29, 1.82) is 0 Å². The van der Waals surface area contributed by atoms with Gasteiger partial charge in [-0.3, -0.25) is 13.9 Å². The predicted octanol–water partition coefficient (Wildman–Crippen LogP) is 2.12. The van der Waals surface area contributed by atoms with Gasteiger partial charge in [0.1, 0.15) is 0 Å². The van der Waals surface area contributed by atoms with E-state index in [1.54, 1.807) is 24.7 Å². The predicted molar refractivity (Wildman–Crippen MR) is 99.0 cm³/mol. The minimum Gasteiger partial charge on any atom is -0.390 e. The lowest BCUT2D eigenvalue weighted by molar-refractivity contribution is 0.0679. The van der Waals surface area contributed by atoms with Crippen LogP contribution in [0.1, 0.15) is 59.8 Å². The molecule has 140 valence electrons. The van der Waals surface area contributed by atoms with Gasteiger partial charge in [0.15, 0.2) is 11.2 Å². The molecule has 0 aliphatic rings. The first kappa shape index (κ1) is 19.4. The fourth-order valence-electron chi connectivity index (χ4n) is 3.14. The smallest absolute Gasteiger partial charge is 0.332 e. The van der Waals surface area contributed by atoms with Crippen molar-refractivity contribution >= 4 is 11.2 Å². The van der Waals surface area contributed by atoms with Crippen LogP contribution in [-0.4, -0.2) is 29.4 Å². The summed E-state index contributed by atoms with van der Waals surface area (Å²) in [5, 5.41) is 9.75. The summed E-state index contributed by atoms with van der Waals surface area (Å²) in [6, 6.07) is 0. The molecule has 7 heteroatoms. The van der Waals surface area contributed by atoms with Gasteiger partial charge in [-0.15, -0.1) is 0 Å². The van der Waals surface area contributed by atoms with Crippen LogP contribution in [0, 0.1) is 0 Å². The van der Waals surface area contributed by atoms with Crippen molar-refractivity contribution in [3.05, 3.63) is 27.2 Å². The Morgan fingerprint density at radius 2 is 1.80 bits per heavy atom. The Balaban J connectivity index is 2.28. The lowest BCUT2D eigenvalue weighted by Crippen LogP contribution is -2.40. The second-order valence-electron chi connectivity index (χ2n) is 7.22. The molecule has 2 aromatic heterocycles. The number of unbranched alkanes of at least 4 members (excludes halogenated alkanes) is 2. The third kappa shape index (κ3) is 4.39. The van der Waals surface area contributed by atoms with E-state index in [-0.39, 0.29) is 11.2 Å². The summed E-state index contributed by atoms with van der Waals surface area (Å²) in [4.78, 5) is 29.8. The zero-order chi connectivity index (χ0) is 18.6. The molecule has 7 nitrogen and oxygen atoms in total. The molecule has 0 atom stereocenters. The van der Waals surface area contributed by atoms with Crippen LogP contribution >= 0.6 is 0 Å². The highest BCUT2D eigenvalue weighted by Gasteiger charge is 2.17. The highest BCUT2D eigenvalue weighted by atomic mass is 16.3. The number of aromatic nitrogens is 4. The Morgan fingerprint density at radius 3 is 2.40 bits per heavy atom. The van der Waals surface area contributed by atoms with Crippen molar-refractivity contribution in [2.45, 2.75) is 85.0 Å². The van der Waals surface area contributed by atoms with Crippen molar-refractivity contribution in [1.82, 2.24) is 18.7 Å². The number of fused-ring (bicyclic) bond motifs is 1. The maximum atomic E-state index is 12.8. The van der Waals surface area contributed by atoms with Crippen LogP contribution in [0.25, 0.3) is 11.2 Å². The van der Waals surface area contributed by atoms with Gasteiger partial charge in [-0.05, 0) is 40.0 Å². The van der Waals surface area contributed by atoms with Crippen LogP contribution in [0.15, 0.2) is 15.9 Å². The number of hydrogen-bond donors (Lipinski definition) is 1. The Hall–Kier alpha value is -1.89. The van der Waals surface area contributed by atoms with E-state index in [9.17, 15) is 14.7 Å².